The molecule has 3 aromatic rings. The van der Waals surface area contributed by atoms with Gasteiger partial charge in [-0.3, -0.25) is 9.69 Å². The fourth-order valence-electron chi connectivity index (χ4n) is 4.56. The Balaban J connectivity index is 1.94. The number of hydrogen-bond donors (Lipinski definition) is 1. The molecule has 9 heteroatoms. The topological polar surface area (TPSA) is 72.1 Å². The van der Waals surface area contributed by atoms with Crippen LogP contribution in [0.3, 0.4) is 0 Å². The highest BCUT2D eigenvalue weighted by atomic mass is 19.4. The summed E-state index contributed by atoms with van der Waals surface area (Å²) in [5, 5.41) is 10.5. The van der Waals surface area contributed by atoms with E-state index in [4.69, 9.17) is 13.9 Å². The lowest BCUT2D eigenvalue weighted by atomic mass is 9.98. The van der Waals surface area contributed by atoms with E-state index in [1.807, 2.05) is 0 Å². The molecule has 1 unspecified atom stereocenters. The highest BCUT2D eigenvalue weighted by Crippen LogP contribution is 2.41. The van der Waals surface area contributed by atoms with E-state index >= 15 is 0 Å². The molecule has 1 N–H and O–H groups in total. The predicted octanol–water partition coefficient (Wildman–Crippen LogP) is 5.43. The molecule has 2 heterocycles. The molecule has 1 aliphatic heterocycles. The number of aromatic hydroxyl groups is 1. The van der Waals surface area contributed by atoms with Gasteiger partial charge in [-0.15, -0.1) is 0 Å². The van der Waals surface area contributed by atoms with Crippen molar-refractivity contribution in [3.8, 4) is 28.4 Å². The molecule has 1 atom stereocenters. The van der Waals surface area contributed by atoms with Crippen molar-refractivity contribution in [3.63, 3.8) is 0 Å². The van der Waals surface area contributed by atoms with Gasteiger partial charge in [0.2, 0.25) is 11.2 Å². The van der Waals surface area contributed by atoms with E-state index in [-0.39, 0.29) is 40.1 Å². The summed E-state index contributed by atoms with van der Waals surface area (Å²) in [5.41, 5.74) is -1.55. The van der Waals surface area contributed by atoms with Gasteiger partial charge in [0.1, 0.15) is 11.3 Å². The lowest BCUT2D eigenvalue weighted by molar-refractivity contribution is -0.152. The molecule has 2 aromatic carbocycles. The molecule has 1 aromatic heterocycles. The highest BCUT2D eigenvalue weighted by Gasteiger charge is 2.40. The van der Waals surface area contributed by atoms with Gasteiger partial charge in [0.05, 0.1) is 30.7 Å². The monoisotopic (exact) mass is 477 g/mol. The third-order valence-corrected chi connectivity index (χ3v) is 6.19. The van der Waals surface area contributed by atoms with Gasteiger partial charge in [-0.1, -0.05) is 13.0 Å². The van der Waals surface area contributed by atoms with E-state index in [0.717, 1.165) is 25.9 Å². The standard InChI is InChI=1S/C25H26F3NO5/c1-14-5-4-10-29(12-14)13-17-18(30)8-7-16-22(31)21(24(25(26,27)28)34-23(16)17)15-6-9-19(32-2)20(11-15)33-3/h6-9,11,14,30H,4-5,10,12-13H2,1-3H3. The number of nitrogens with zero attached hydrogens (tertiary/aromatic N) is 1. The Hall–Kier alpha value is -3.20. The van der Waals surface area contributed by atoms with Crippen LogP contribution in [0.5, 0.6) is 17.2 Å². The summed E-state index contributed by atoms with van der Waals surface area (Å²) >= 11 is 0. The van der Waals surface area contributed by atoms with Crippen LogP contribution >= 0.6 is 0 Å². The number of hydrogen-bond acceptors (Lipinski definition) is 6. The average Bonchev–Trinajstić information content (AvgIpc) is 2.79. The van der Waals surface area contributed by atoms with Crippen molar-refractivity contribution < 1.29 is 32.2 Å². The van der Waals surface area contributed by atoms with Crippen molar-refractivity contribution in [2.75, 3.05) is 27.3 Å². The molecule has 182 valence electrons. The van der Waals surface area contributed by atoms with Crippen LogP contribution < -0.4 is 14.9 Å². The van der Waals surface area contributed by atoms with Gasteiger partial charge in [0.15, 0.2) is 11.5 Å². The summed E-state index contributed by atoms with van der Waals surface area (Å²) in [6.45, 7) is 3.78. The van der Waals surface area contributed by atoms with Crippen molar-refractivity contribution in [3.05, 3.63) is 51.9 Å². The summed E-state index contributed by atoms with van der Waals surface area (Å²) in [5.74, 6) is -0.705. The van der Waals surface area contributed by atoms with Gasteiger partial charge in [-0.25, -0.2) is 0 Å². The molecule has 1 fully saturated rings. The second-order valence-electron chi connectivity index (χ2n) is 8.63. The molecule has 4 rings (SSSR count). The summed E-state index contributed by atoms with van der Waals surface area (Å²) in [7, 11) is 2.76. The number of alkyl halides is 3. The quantitative estimate of drug-likeness (QED) is 0.528. The minimum absolute atomic E-state index is 0.0138. The van der Waals surface area contributed by atoms with Crippen LogP contribution in [0, 0.1) is 5.92 Å². The predicted molar refractivity (Wildman–Crippen MR) is 121 cm³/mol. The zero-order valence-corrected chi connectivity index (χ0v) is 19.2. The van der Waals surface area contributed by atoms with Crippen LogP contribution in [-0.2, 0) is 12.7 Å². The molecule has 1 saturated heterocycles. The fourth-order valence-corrected chi connectivity index (χ4v) is 4.56. The zero-order chi connectivity index (χ0) is 24.6. The van der Waals surface area contributed by atoms with E-state index in [9.17, 15) is 23.1 Å². The third kappa shape index (κ3) is 4.44. The number of fused-ring (bicyclic) bond motifs is 1. The van der Waals surface area contributed by atoms with Gasteiger partial charge in [0.25, 0.3) is 0 Å². The summed E-state index contributed by atoms with van der Waals surface area (Å²) < 4.78 is 58.2. The molecular weight excluding hydrogens is 451 g/mol. The Labute approximate surface area is 194 Å². The minimum Gasteiger partial charge on any atom is -0.507 e. The largest absolute Gasteiger partial charge is 0.507 e. The lowest BCUT2D eigenvalue weighted by Gasteiger charge is -2.31. The minimum atomic E-state index is -4.95. The van der Waals surface area contributed by atoms with E-state index in [1.165, 1.54) is 44.6 Å². The fraction of sp³-hybridized carbons (Fsp3) is 0.400. The van der Waals surface area contributed by atoms with E-state index in [1.54, 1.807) is 0 Å². The number of likely N-dealkylation sites (tertiary alicyclic amines) is 1. The van der Waals surface area contributed by atoms with Crippen LogP contribution in [-0.4, -0.2) is 37.3 Å². The zero-order valence-electron chi connectivity index (χ0n) is 19.2. The van der Waals surface area contributed by atoms with Gasteiger partial charge < -0.3 is 19.0 Å². The maximum atomic E-state index is 14.2. The van der Waals surface area contributed by atoms with E-state index in [2.05, 4.69) is 11.8 Å². The van der Waals surface area contributed by atoms with Crippen molar-refractivity contribution in [2.45, 2.75) is 32.5 Å². The first kappa shape index (κ1) is 23.9. The maximum absolute atomic E-state index is 14.2. The lowest BCUT2D eigenvalue weighted by Crippen LogP contribution is -2.33. The second-order valence-corrected chi connectivity index (χ2v) is 8.63. The number of ether oxygens (including phenoxy) is 2. The Morgan fingerprint density at radius 1 is 1.15 bits per heavy atom. The normalized spacial score (nSPS) is 17.2. The Morgan fingerprint density at radius 2 is 1.88 bits per heavy atom. The van der Waals surface area contributed by atoms with Crippen LogP contribution in [0.1, 0.15) is 31.1 Å². The van der Waals surface area contributed by atoms with Crippen molar-refractivity contribution in [1.29, 1.82) is 0 Å². The first-order valence-electron chi connectivity index (χ1n) is 11.0. The number of halogens is 3. The molecule has 0 bridgehead atoms. The van der Waals surface area contributed by atoms with Gasteiger partial charge in [0, 0.05) is 13.1 Å². The number of rotatable bonds is 5. The van der Waals surface area contributed by atoms with Crippen LogP contribution in [0.2, 0.25) is 0 Å². The Kier molecular flexibility index (Phi) is 6.49. The van der Waals surface area contributed by atoms with E-state index < -0.39 is 22.9 Å². The van der Waals surface area contributed by atoms with Crippen LogP contribution in [0.25, 0.3) is 22.1 Å². The smallest absolute Gasteiger partial charge is 0.450 e. The molecule has 0 aliphatic carbocycles. The van der Waals surface area contributed by atoms with Gasteiger partial charge >= 0.3 is 6.18 Å². The molecule has 0 radical (unpaired) electrons. The Morgan fingerprint density at radius 3 is 2.53 bits per heavy atom. The summed E-state index contributed by atoms with van der Waals surface area (Å²) in [6, 6.07) is 6.71. The molecule has 0 amide bonds. The van der Waals surface area contributed by atoms with Gasteiger partial charge in [-0.05, 0) is 55.1 Å². The van der Waals surface area contributed by atoms with Crippen LogP contribution in [0.4, 0.5) is 13.2 Å². The van der Waals surface area contributed by atoms with Crippen molar-refractivity contribution in [1.82, 2.24) is 4.90 Å². The maximum Gasteiger partial charge on any atom is 0.450 e. The van der Waals surface area contributed by atoms with E-state index in [0.29, 0.717) is 11.7 Å². The number of benzene rings is 2. The second kappa shape index (κ2) is 9.21. The molecule has 0 spiro atoms. The molecule has 6 nitrogen and oxygen atoms in total. The average molecular weight is 477 g/mol. The summed E-state index contributed by atoms with van der Waals surface area (Å²) in [4.78, 5) is 15.5. The molecule has 1 aliphatic rings. The number of piperidine rings is 1. The SMILES string of the molecule is COc1ccc(-c2c(C(F)(F)F)oc3c(CN4CCCC(C)C4)c(O)ccc3c2=O)cc1OC. The first-order valence-corrected chi connectivity index (χ1v) is 11.0. The highest BCUT2D eigenvalue weighted by molar-refractivity contribution is 5.87. The molecular formula is C25H26F3NO5. The van der Waals surface area contributed by atoms with Crippen molar-refractivity contribution >= 4 is 11.0 Å². The van der Waals surface area contributed by atoms with Crippen molar-refractivity contribution in [2.24, 2.45) is 5.92 Å². The Bertz CT molecular complexity index is 1270. The summed E-state index contributed by atoms with van der Waals surface area (Å²) in [6.07, 6.45) is -2.92. The number of phenols is 1. The number of phenolic OH excluding ortho intramolecular Hbond substituents is 1. The number of methoxy groups -OCH3 is 2. The molecule has 0 saturated carbocycles. The molecule has 34 heavy (non-hydrogen) atoms. The third-order valence-electron chi connectivity index (χ3n) is 6.19. The first-order chi connectivity index (χ1) is 16.1. The van der Waals surface area contributed by atoms with Gasteiger partial charge in [-0.2, -0.15) is 13.2 Å². The van der Waals surface area contributed by atoms with Crippen LogP contribution in [0.15, 0.2) is 39.5 Å².